The molecule has 5 heteroatoms. The fourth-order valence-electron chi connectivity index (χ4n) is 1.52. The van der Waals surface area contributed by atoms with Crippen LogP contribution in [0.3, 0.4) is 0 Å². The zero-order chi connectivity index (χ0) is 9.54. The molecular formula is C9H6N4O. The fraction of sp³-hybridized carbons (Fsp3) is 0. The highest BCUT2D eigenvalue weighted by atomic mass is 16.5. The number of fused-ring (bicyclic) bond motifs is 3. The van der Waals surface area contributed by atoms with Gasteiger partial charge in [0.2, 0.25) is 0 Å². The minimum atomic E-state index is 0.555. The van der Waals surface area contributed by atoms with Crippen molar-refractivity contribution >= 4 is 16.6 Å². The third-order valence-corrected chi connectivity index (χ3v) is 2.15. The van der Waals surface area contributed by atoms with E-state index in [0.29, 0.717) is 10.5 Å². The Hall–Kier alpha value is -2.17. The minimum absolute atomic E-state index is 0.555. The number of hydrogen-bond donors (Lipinski definition) is 0. The van der Waals surface area contributed by atoms with Crippen molar-refractivity contribution in [1.82, 2.24) is 14.6 Å². The molecule has 14 heavy (non-hydrogen) atoms. The molecule has 0 N–H and O–H groups in total. The van der Waals surface area contributed by atoms with E-state index in [9.17, 15) is 5.21 Å². The smallest absolute Gasteiger partial charge is 0.152 e. The molecule has 5 nitrogen and oxygen atoms in total. The van der Waals surface area contributed by atoms with E-state index in [-0.39, 0.29) is 0 Å². The fourth-order valence-corrected chi connectivity index (χ4v) is 1.52. The molecule has 0 unspecified atom stereocenters. The first-order chi connectivity index (χ1) is 6.86. The Kier molecular flexibility index (Phi) is 1.25. The van der Waals surface area contributed by atoms with Crippen LogP contribution < -0.4 is 4.96 Å². The van der Waals surface area contributed by atoms with E-state index in [1.165, 1.54) is 10.7 Å². The highest BCUT2D eigenvalue weighted by Crippen LogP contribution is 2.10. The molecule has 0 amide bonds. The maximum atomic E-state index is 11.3. The van der Waals surface area contributed by atoms with Crippen molar-refractivity contribution < 1.29 is 4.96 Å². The summed E-state index contributed by atoms with van der Waals surface area (Å²) in [7, 11) is 0. The summed E-state index contributed by atoms with van der Waals surface area (Å²) in [6.45, 7) is 0. The Morgan fingerprint density at radius 3 is 3.00 bits per heavy atom. The van der Waals surface area contributed by atoms with E-state index >= 15 is 0 Å². The van der Waals surface area contributed by atoms with Gasteiger partial charge in [-0.25, -0.2) is 0 Å². The summed E-state index contributed by atoms with van der Waals surface area (Å²) in [6.07, 6.45) is 3.12. The lowest BCUT2D eigenvalue weighted by molar-refractivity contribution is -0.731. The van der Waals surface area contributed by atoms with Crippen LogP contribution in [0.1, 0.15) is 0 Å². The summed E-state index contributed by atoms with van der Waals surface area (Å²) in [6, 6.07) is 7.44. The minimum Gasteiger partial charge on any atom is -0.571 e. The first-order valence-electron chi connectivity index (χ1n) is 4.17. The number of hydrogen-bond acceptors (Lipinski definition) is 3. The summed E-state index contributed by atoms with van der Waals surface area (Å²) in [5.41, 5.74) is 2.24. The van der Waals surface area contributed by atoms with Crippen LogP contribution in [0.5, 0.6) is 0 Å². The van der Waals surface area contributed by atoms with Crippen molar-refractivity contribution in [2.45, 2.75) is 0 Å². The van der Waals surface area contributed by atoms with Gasteiger partial charge in [-0.3, -0.25) is 4.98 Å². The van der Waals surface area contributed by atoms with Gasteiger partial charge in [0, 0.05) is 10.1 Å². The van der Waals surface area contributed by atoms with E-state index in [2.05, 4.69) is 10.1 Å². The molecule has 0 spiro atoms. The first kappa shape index (κ1) is 7.25. The quantitative estimate of drug-likeness (QED) is 0.380. The molecule has 1 aromatic carbocycles. The Morgan fingerprint density at radius 1 is 1.21 bits per heavy atom. The summed E-state index contributed by atoms with van der Waals surface area (Å²) in [5, 5.41) is 15.0. The Bertz CT molecular complexity index is 616. The molecule has 0 aliphatic carbocycles. The van der Waals surface area contributed by atoms with Crippen molar-refractivity contribution in [2.75, 3.05) is 0 Å². The van der Waals surface area contributed by atoms with Gasteiger partial charge < -0.3 is 5.21 Å². The highest BCUT2D eigenvalue weighted by molar-refractivity contribution is 5.76. The van der Waals surface area contributed by atoms with Crippen LogP contribution in [0.15, 0.2) is 36.7 Å². The summed E-state index contributed by atoms with van der Waals surface area (Å²) in [5.74, 6) is 0. The molecule has 0 fully saturated rings. The monoisotopic (exact) mass is 186 g/mol. The van der Waals surface area contributed by atoms with E-state index < -0.39 is 0 Å². The molecular weight excluding hydrogens is 180 g/mol. The number of aromatic nitrogens is 4. The standard InChI is InChI=1S/C9H6N4O/c14-13-11-6-7-5-10-8-3-1-2-4-9(8)12(7)13/h1-6H. The lowest BCUT2D eigenvalue weighted by atomic mass is 10.3. The van der Waals surface area contributed by atoms with Gasteiger partial charge in [0.15, 0.2) is 5.52 Å². The van der Waals surface area contributed by atoms with Crippen molar-refractivity contribution in [3.8, 4) is 0 Å². The Morgan fingerprint density at radius 2 is 2.07 bits per heavy atom. The second-order valence-corrected chi connectivity index (χ2v) is 2.98. The second-order valence-electron chi connectivity index (χ2n) is 2.98. The van der Waals surface area contributed by atoms with Crippen LogP contribution >= 0.6 is 0 Å². The predicted octanol–water partition coefficient (Wildman–Crippen LogP) is 0.516. The molecule has 0 bridgehead atoms. The molecule has 3 rings (SSSR count). The molecule has 0 aliphatic rings. The van der Waals surface area contributed by atoms with Crippen molar-refractivity contribution in [3.63, 3.8) is 0 Å². The first-order valence-corrected chi connectivity index (χ1v) is 4.17. The summed E-state index contributed by atoms with van der Waals surface area (Å²) < 4.78 is 1.47. The maximum absolute atomic E-state index is 11.3. The van der Waals surface area contributed by atoms with Gasteiger partial charge in [-0.2, -0.15) is 0 Å². The third-order valence-electron chi connectivity index (χ3n) is 2.15. The van der Waals surface area contributed by atoms with Crippen LogP contribution in [0, 0.1) is 5.21 Å². The number of benzene rings is 1. The van der Waals surface area contributed by atoms with E-state index in [0.717, 1.165) is 11.0 Å². The number of rotatable bonds is 0. The van der Waals surface area contributed by atoms with Gasteiger partial charge in [0.1, 0.15) is 11.7 Å². The molecule has 0 saturated carbocycles. The Balaban J connectivity index is 2.65. The zero-order valence-electron chi connectivity index (χ0n) is 7.16. The Labute approximate surface area is 78.8 Å². The van der Waals surface area contributed by atoms with Gasteiger partial charge in [0.05, 0.1) is 11.7 Å². The average Bonchev–Trinajstić information content (AvgIpc) is 2.61. The summed E-state index contributed by atoms with van der Waals surface area (Å²) in [4.78, 5) is 4.76. The second kappa shape index (κ2) is 2.41. The lowest BCUT2D eigenvalue weighted by Gasteiger charge is -1.97. The summed E-state index contributed by atoms with van der Waals surface area (Å²) >= 11 is 0. The zero-order valence-corrected chi connectivity index (χ0v) is 7.16. The molecule has 0 saturated heterocycles. The van der Waals surface area contributed by atoms with Crippen molar-refractivity contribution in [3.05, 3.63) is 41.9 Å². The van der Waals surface area contributed by atoms with E-state index in [4.69, 9.17) is 0 Å². The van der Waals surface area contributed by atoms with Crippen LogP contribution in [-0.2, 0) is 0 Å². The van der Waals surface area contributed by atoms with Crippen LogP contribution in [0.25, 0.3) is 16.6 Å². The molecule has 0 atom stereocenters. The third kappa shape index (κ3) is 0.806. The largest absolute Gasteiger partial charge is 0.571 e. The number of nitrogens with zero attached hydrogens (tertiary/aromatic N) is 4. The van der Waals surface area contributed by atoms with Crippen LogP contribution in [0.2, 0.25) is 0 Å². The van der Waals surface area contributed by atoms with Gasteiger partial charge >= 0.3 is 0 Å². The van der Waals surface area contributed by atoms with Crippen molar-refractivity contribution in [1.29, 1.82) is 0 Å². The highest BCUT2D eigenvalue weighted by Gasteiger charge is 2.08. The predicted molar refractivity (Wildman–Crippen MR) is 49.5 cm³/mol. The van der Waals surface area contributed by atoms with E-state index in [1.807, 2.05) is 24.3 Å². The van der Waals surface area contributed by atoms with Gasteiger partial charge in [-0.15, -0.1) is 0 Å². The van der Waals surface area contributed by atoms with Gasteiger partial charge in [0.25, 0.3) is 0 Å². The van der Waals surface area contributed by atoms with Crippen LogP contribution in [0.4, 0.5) is 0 Å². The molecule has 3 aromatic rings. The number of para-hydroxylation sites is 2. The van der Waals surface area contributed by atoms with Crippen molar-refractivity contribution in [2.24, 2.45) is 0 Å². The normalized spacial score (nSPS) is 11.1. The molecule has 68 valence electrons. The average molecular weight is 186 g/mol. The molecule has 2 aromatic heterocycles. The maximum Gasteiger partial charge on any atom is 0.152 e. The molecule has 0 aliphatic heterocycles. The van der Waals surface area contributed by atoms with Crippen LogP contribution in [-0.4, -0.2) is 14.6 Å². The molecule has 0 radical (unpaired) electrons. The molecule has 2 heterocycles. The van der Waals surface area contributed by atoms with Gasteiger partial charge in [-0.1, -0.05) is 16.6 Å². The lowest BCUT2D eigenvalue weighted by Crippen LogP contribution is -2.35. The SMILES string of the molecule is [O-][n+]1ncc2cnc3ccccc3n21. The topological polar surface area (TPSA) is 57.1 Å². The van der Waals surface area contributed by atoms with Gasteiger partial charge in [-0.05, 0) is 12.1 Å². The van der Waals surface area contributed by atoms with E-state index in [1.54, 1.807) is 6.20 Å².